The van der Waals surface area contributed by atoms with E-state index in [0.29, 0.717) is 11.3 Å². The van der Waals surface area contributed by atoms with Crippen molar-refractivity contribution in [2.45, 2.75) is 6.92 Å². The molecule has 0 saturated carbocycles. The number of rotatable bonds is 2. The van der Waals surface area contributed by atoms with E-state index in [2.05, 4.69) is 5.32 Å². The largest absolute Gasteiger partial charge is 0.399 e. The van der Waals surface area contributed by atoms with Gasteiger partial charge in [0, 0.05) is 21.6 Å². The molecule has 100 valence electrons. The molecule has 0 aliphatic heterocycles. The van der Waals surface area contributed by atoms with Crippen LogP contribution in [0.4, 0.5) is 11.4 Å². The molecule has 0 aliphatic rings. The zero-order valence-corrected chi connectivity index (χ0v) is 11.8. The number of hydrogen-bond donors (Lipinski definition) is 2. The number of thiophene rings is 1. The first-order valence-corrected chi connectivity index (χ1v) is 7.16. The topological polar surface area (TPSA) is 55.1 Å². The highest BCUT2D eigenvalue weighted by atomic mass is 32.1. The smallest absolute Gasteiger partial charge is 0.256 e. The van der Waals surface area contributed by atoms with Gasteiger partial charge in [-0.05, 0) is 59.7 Å². The monoisotopic (exact) mass is 282 g/mol. The number of hydrogen-bond acceptors (Lipinski definition) is 3. The molecular formula is C16H14N2OS. The number of carbonyl (C=O) groups is 1. The molecule has 0 fully saturated rings. The molecule has 1 amide bonds. The lowest BCUT2D eigenvalue weighted by Crippen LogP contribution is -2.13. The third-order valence-corrected chi connectivity index (χ3v) is 4.11. The molecule has 20 heavy (non-hydrogen) atoms. The number of aryl methyl sites for hydroxylation is 1. The Balaban J connectivity index is 1.89. The number of anilines is 2. The molecule has 0 unspecified atom stereocenters. The van der Waals surface area contributed by atoms with Crippen LogP contribution in [0.25, 0.3) is 10.1 Å². The Labute approximate surface area is 121 Å². The Bertz CT molecular complexity index is 792. The zero-order valence-electron chi connectivity index (χ0n) is 11.0. The molecule has 3 N–H and O–H groups in total. The molecule has 0 bridgehead atoms. The van der Waals surface area contributed by atoms with Crippen molar-refractivity contribution < 1.29 is 4.79 Å². The standard InChI is InChI=1S/C16H14N2OS/c1-10-2-3-12(17)9-14(10)16(19)18-13-4-5-15-11(8-13)6-7-20-15/h2-9H,17H2,1H3,(H,18,19). The summed E-state index contributed by atoms with van der Waals surface area (Å²) in [4.78, 5) is 12.3. The van der Waals surface area contributed by atoms with Crippen LogP contribution in [0.15, 0.2) is 47.8 Å². The zero-order chi connectivity index (χ0) is 14.1. The van der Waals surface area contributed by atoms with Gasteiger partial charge in [0.25, 0.3) is 5.91 Å². The van der Waals surface area contributed by atoms with E-state index in [1.807, 2.05) is 42.6 Å². The fourth-order valence-corrected chi connectivity index (χ4v) is 2.90. The molecule has 1 heterocycles. The van der Waals surface area contributed by atoms with Gasteiger partial charge in [-0.15, -0.1) is 11.3 Å². The van der Waals surface area contributed by atoms with Crippen molar-refractivity contribution in [1.82, 2.24) is 0 Å². The van der Waals surface area contributed by atoms with Crippen molar-refractivity contribution in [2.75, 3.05) is 11.1 Å². The number of nitrogens with one attached hydrogen (secondary N) is 1. The minimum absolute atomic E-state index is 0.135. The van der Waals surface area contributed by atoms with E-state index in [0.717, 1.165) is 16.6 Å². The molecule has 0 aliphatic carbocycles. The van der Waals surface area contributed by atoms with Crippen molar-refractivity contribution in [2.24, 2.45) is 0 Å². The van der Waals surface area contributed by atoms with E-state index < -0.39 is 0 Å². The first-order valence-electron chi connectivity index (χ1n) is 6.28. The molecule has 0 spiro atoms. The second-order valence-electron chi connectivity index (χ2n) is 4.70. The molecule has 0 atom stereocenters. The highest BCUT2D eigenvalue weighted by molar-refractivity contribution is 7.17. The molecule has 3 nitrogen and oxygen atoms in total. The molecule has 0 radical (unpaired) electrons. The maximum atomic E-state index is 12.3. The molecule has 1 aromatic heterocycles. The van der Waals surface area contributed by atoms with Crippen molar-refractivity contribution in [3.05, 3.63) is 59.0 Å². The van der Waals surface area contributed by atoms with Crippen LogP contribution in [0, 0.1) is 6.92 Å². The number of fused-ring (bicyclic) bond motifs is 1. The van der Waals surface area contributed by atoms with Crippen LogP contribution in [0.3, 0.4) is 0 Å². The second kappa shape index (κ2) is 4.98. The van der Waals surface area contributed by atoms with Crippen LogP contribution in [0.5, 0.6) is 0 Å². The number of carbonyl (C=O) groups excluding carboxylic acids is 1. The van der Waals surface area contributed by atoms with Crippen molar-refractivity contribution >= 4 is 38.7 Å². The summed E-state index contributed by atoms with van der Waals surface area (Å²) in [6.07, 6.45) is 0. The summed E-state index contributed by atoms with van der Waals surface area (Å²) < 4.78 is 1.21. The van der Waals surface area contributed by atoms with Crippen LogP contribution in [0.1, 0.15) is 15.9 Å². The highest BCUT2D eigenvalue weighted by Gasteiger charge is 2.10. The summed E-state index contributed by atoms with van der Waals surface area (Å²) in [6, 6.07) is 13.3. The quantitative estimate of drug-likeness (QED) is 0.697. The normalized spacial score (nSPS) is 10.7. The van der Waals surface area contributed by atoms with Crippen LogP contribution < -0.4 is 11.1 Å². The average molecular weight is 282 g/mol. The summed E-state index contributed by atoms with van der Waals surface area (Å²) in [6.45, 7) is 1.90. The number of nitrogens with two attached hydrogens (primary N) is 1. The number of benzene rings is 2. The number of nitrogen functional groups attached to an aromatic ring is 1. The molecule has 3 aromatic rings. The van der Waals surface area contributed by atoms with Crippen molar-refractivity contribution in [3.63, 3.8) is 0 Å². The van der Waals surface area contributed by atoms with Gasteiger partial charge in [-0.1, -0.05) is 6.07 Å². The van der Waals surface area contributed by atoms with Gasteiger partial charge in [0.15, 0.2) is 0 Å². The summed E-state index contributed by atoms with van der Waals surface area (Å²) in [5.74, 6) is -0.135. The maximum Gasteiger partial charge on any atom is 0.256 e. The average Bonchev–Trinajstić information content (AvgIpc) is 2.89. The third kappa shape index (κ3) is 2.38. The predicted molar refractivity (Wildman–Crippen MR) is 85.4 cm³/mol. The van der Waals surface area contributed by atoms with E-state index in [1.54, 1.807) is 23.5 Å². The van der Waals surface area contributed by atoms with E-state index in [-0.39, 0.29) is 5.91 Å². The molecule has 0 saturated heterocycles. The summed E-state index contributed by atoms with van der Waals surface area (Å²) in [7, 11) is 0. The minimum atomic E-state index is -0.135. The van der Waals surface area contributed by atoms with Gasteiger partial charge in [0.2, 0.25) is 0 Å². The fourth-order valence-electron chi connectivity index (χ4n) is 2.13. The molecule has 4 heteroatoms. The lowest BCUT2D eigenvalue weighted by atomic mass is 10.1. The predicted octanol–water partition coefficient (Wildman–Crippen LogP) is 4.04. The summed E-state index contributed by atoms with van der Waals surface area (Å²) in [5, 5.41) is 6.09. The molecule has 2 aromatic carbocycles. The molecular weight excluding hydrogens is 268 g/mol. The van der Waals surface area contributed by atoms with Crippen molar-refractivity contribution in [3.8, 4) is 0 Å². The first-order chi connectivity index (χ1) is 9.63. The van der Waals surface area contributed by atoms with Gasteiger partial charge in [-0.3, -0.25) is 4.79 Å². The van der Waals surface area contributed by atoms with Crippen molar-refractivity contribution in [1.29, 1.82) is 0 Å². The van der Waals surface area contributed by atoms with Gasteiger partial charge in [0.1, 0.15) is 0 Å². The Morgan fingerprint density at radius 3 is 2.85 bits per heavy atom. The van der Waals surface area contributed by atoms with Gasteiger partial charge in [-0.25, -0.2) is 0 Å². The van der Waals surface area contributed by atoms with Crippen LogP contribution >= 0.6 is 11.3 Å². The Kier molecular flexibility index (Phi) is 3.16. The summed E-state index contributed by atoms with van der Waals surface area (Å²) >= 11 is 1.69. The lowest BCUT2D eigenvalue weighted by Gasteiger charge is -2.08. The van der Waals surface area contributed by atoms with Gasteiger partial charge in [0.05, 0.1) is 0 Å². The second-order valence-corrected chi connectivity index (χ2v) is 5.65. The third-order valence-electron chi connectivity index (χ3n) is 3.22. The Hall–Kier alpha value is -2.33. The van der Waals surface area contributed by atoms with Gasteiger partial charge < -0.3 is 11.1 Å². The van der Waals surface area contributed by atoms with Gasteiger partial charge in [-0.2, -0.15) is 0 Å². The van der Waals surface area contributed by atoms with Crippen LogP contribution in [-0.4, -0.2) is 5.91 Å². The maximum absolute atomic E-state index is 12.3. The van der Waals surface area contributed by atoms with E-state index in [1.165, 1.54) is 4.70 Å². The minimum Gasteiger partial charge on any atom is -0.399 e. The van der Waals surface area contributed by atoms with Gasteiger partial charge >= 0.3 is 0 Å². The Morgan fingerprint density at radius 1 is 1.15 bits per heavy atom. The molecule has 3 rings (SSSR count). The SMILES string of the molecule is Cc1ccc(N)cc1C(=O)Nc1ccc2sccc2c1. The van der Waals surface area contributed by atoms with Crippen LogP contribution in [0.2, 0.25) is 0 Å². The van der Waals surface area contributed by atoms with Crippen LogP contribution in [-0.2, 0) is 0 Å². The van der Waals surface area contributed by atoms with E-state index >= 15 is 0 Å². The lowest BCUT2D eigenvalue weighted by molar-refractivity contribution is 0.102. The first kappa shape index (κ1) is 12.7. The fraction of sp³-hybridized carbons (Fsp3) is 0.0625. The Morgan fingerprint density at radius 2 is 2.00 bits per heavy atom. The van der Waals surface area contributed by atoms with E-state index in [9.17, 15) is 4.79 Å². The van der Waals surface area contributed by atoms with E-state index in [4.69, 9.17) is 5.73 Å². The highest BCUT2D eigenvalue weighted by Crippen LogP contribution is 2.24. The summed E-state index contributed by atoms with van der Waals surface area (Å²) in [5.41, 5.74) is 8.64. The number of amides is 1.